The van der Waals surface area contributed by atoms with Gasteiger partial charge in [-0.2, -0.15) is 11.8 Å². The topological polar surface area (TPSA) is 12.0 Å². The predicted octanol–water partition coefficient (Wildman–Crippen LogP) is 3.05. The van der Waals surface area contributed by atoms with Gasteiger partial charge in [-0.1, -0.05) is 13.3 Å². The van der Waals surface area contributed by atoms with E-state index >= 15 is 0 Å². The van der Waals surface area contributed by atoms with Crippen LogP contribution < -0.4 is 5.32 Å². The number of rotatable bonds is 7. The maximum atomic E-state index is 3.55. The van der Waals surface area contributed by atoms with Gasteiger partial charge in [0, 0.05) is 6.04 Å². The number of unbranched alkanes of at least 4 members (excludes halogenated alkanes) is 1. The third kappa shape index (κ3) is 5.58. The molecule has 0 aromatic heterocycles. The predicted molar refractivity (Wildman–Crippen MR) is 62.5 cm³/mol. The van der Waals surface area contributed by atoms with Crippen molar-refractivity contribution in [1.29, 1.82) is 0 Å². The second-order valence-corrected chi connectivity index (χ2v) is 5.13. The molecule has 0 amide bonds. The maximum Gasteiger partial charge on any atom is 0.00678 e. The molecule has 1 heterocycles. The van der Waals surface area contributed by atoms with E-state index in [4.69, 9.17) is 0 Å². The second kappa shape index (κ2) is 7.69. The molecule has 0 saturated carbocycles. The van der Waals surface area contributed by atoms with Crippen molar-refractivity contribution in [3.63, 3.8) is 0 Å². The molecule has 1 saturated heterocycles. The zero-order valence-electron chi connectivity index (χ0n) is 8.85. The molecule has 1 aliphatic heterocycles. The number of hydrogen-bond acceptors (Lipinski definition) is 2. The zero-order chi connectivity index (χ0) is 9.36. The molecule has 78 valence electrons. The number of hydrogen-bond donors (Lipinski definition) is 1. The van der Waals surface area contributed by atoms with Gasteiger partial charge in [-0.3, -0.25) is 0 Å². The van der Waals surface area contributed by atoms with E-state index in [2.05, 4.69) is 24.0 Å². The van der Waals surface area contributed by atoms with E-state index in [0.29, 0.717) is 0 Å². The average Bonchev–Trinajstić information content (AvgIpc) is 2.63. The first kappa shape index (κ1) is 11.4. The quantitative estimate of drug-likeness (QED) is 0.635. The van der Waals surface area contributed by atoms with Gasteiger partial charge in [0.15, 0.2) is 0 Å². The van der Waals surface area contributed by atoms with Gasteiger partial charge < -0.3 is 5.32 Å². The van der Waals surface area contributed by atoms with E-state index in [1.807, 2.05) is 0 Å². The molecule has 1 nitrogen and oxygen atoms in total. The Hall–Kier alpha value is 0.310. The zero-order valence-corrected chi connectivity index (χ0v) is 9.67. The van der Waals surface area contributed by atoms with E-state index in [0.717, 1.165) is 6.04 Å². The van der Waals surface area contributed by atoms with Crippen molar-refractivity contribution in [2.24, 2.45) is 0 Å². The van der Waals surface area contributed by atoms with Gasteiger partial charge in [0.1, 0.15) is 0 Å². The van der Waals surface area contributed by atoms with Crippen LogP contribution in [-0.4, -0.2) is 24.1 Å². The highest BCUT2D eigenvalue weighted by Crippen LogP contribution is 2.13. The highest BCUT2D eigenvalue weighted by atomic mass is 32.2. The molecule has 0 aromatic carbocycles. The fourth-order valence-electron chi connectivity index (χ4n) is 1.78. The Morgan fingerprint density at radius 1 is 1.31 bits per heavy atom. The van der Waals surface area contributed by atoms with E-state index in [-0.39, 0.29) is 0 Å². The van der Waals surface area contributed by atoms with Crippen molar-refractivity contribution in [3.8, 4) is 0 Å². The van der Waals surface area contributed by atoms with Gasteiger partial charge in [-0.15, -0.1) is 0 Å². The Morgan fingerprint density at radius 2 is 2.15 bits per heavy atom. The van der Waals surface area contributed by atoms with Crippen molar-refractivity contribution < 1.29 is 0 Å². The van der Waals surface area contributed by atoms with Gasteiger partial charge in [-0.05, 0) is 50.2 Å². The van der Waals surface area contributed by atoms with Gasteiger partial charge in [0.2, 0.25) is 0 Å². The minimum atomic E-state index is 0.853. The molecule has 1 N–H and O–H groups in total. The molecule has 0 aliphatic carbocycles. The van der Waals surface area contributed by atoms with Crippen LogP contribution in [0.15, 0.2) is 0 Å². The van der Waals surface area contributed by atoms with Crippen molar-refractivity contribution >= 4 is 11.8 Å². The Morgan fingerprint density at radius 3 is 2.85 bits per heavy atom. The third-order valence-electron chi connectivity index (χ3n) is 2.65. The van der Waals surface area contributed by atoms with Crippen LogP contribution in [0, 0.1) is 0 Å². The molecule has 1 fully saturated rings. The summed E-state index contributed by atoms with van der Waals surface area (Å²) < 4.78 is 0. The summed E-state index contributed by atoms with van der Waals surface area (Å²) in [6.07, 6.45) is 8.36. The first-order chi connectivity index (χ1) is 6.43. The summed E-state index contributed by atoms with van der Waals surface area (Å²) in [6.45, 7) is 3.52. The van der Waals surface area contributed by atoms with Crippen LogP contribution in [0.3, 0.4) is 0 Å². The molecule has 0 aromatic rings. The van der Waals surface area contributed by atoms with Crippen LogP contribution in [-0.2, 0) is 0 Å². The third-order valence-corrected chi connectivity index (χ3v) is 3.80. The summed E-state index contributed by atoms with van der Waals surface area (Å²) in [5.74, 6) is 2.74. The smallest absolute Gasteiger partial charge is 0.00678 e. The monoisotopic (exact) mass is 201 g/mol. The summed E-state index contributed by atoms with van der Waals surface area (Å²) in [6, 6.07) is 0.853. The molecule has 2 heteroatoms. The molecule has 0 bridgehead atoms. The van der Waals surface area contributed by atoms with E-state index in [9.17, 15) is 0 Å². The maximum absolute atomic E-state index is 3.55. The molecule has 1 unspecified atom stereocenters. The Bertz CT molecular complexity index is 111. The van der Waals surface area contributed by atoms with Crippen molar-refractivity contribution in [3.05, 3.63) is 0 Å². The summed E-state index contributed by atoms with van der Waals surface area (Å²) in [7, 11) is 0. The lowest BCUT2D eigenvalue weighted by atomic mass is 10.1. The van der Waals surface area contributed by atoms with E-state index < -0.39 is 0 Å². The Kier molecular flexibility index (Phi) is 6.73. The summed E-state index contributed by atoms with van der Waals surface area (Å²) in [4.78, 5) is 0. The highest BCUT2D eigenvalue weighted by Gasteiger charge is 2.12. The second-order valence-electron chi connectivity index (χ2n) is 3.90. The molecular weight excluding hydrogens is 178 g/mol. The molecular formula is C11H23NS. The average molecular weight is 201 g/mol. The SMILES string of the molecule is CCCCSCCCC1CCCN1. The van der Waals surface area contributed by atoms with Crippen molar-refractivity contribution in [1.82, 2.24) is 5.32 Å². The summed E-state index contributed by atoms with van der Waals surface area (Å²) in [5.41, 5.74) is 0. The minimum absolute atomic E-state index is 0.853. The van der Waals surface area contributed by atoms with E-state index in [1.165, 1.54) is 56.6 Å². The lowest BCUT2D eigenvalue weighted by molar-refractivity contribution is 0.553. The fraction of sp³-hybridized carbons (Fsp3) is 1.00. The highest BCUT2D eigenvalue weighted by molar-refractivity contribution is 7.99. The van der Waals surface area contributed by atoms with E-state index in [1.54, 1.807) is 0 Å². The van der Waals surface area contributed by atoms with Gasteiger partial charge in [0.25, 0.3) is 0 Å². The molecule has 1 atom stereocenters. The standard InChI is InChI=1S/C11H23NS/c1-2-3-9-13-10-5-7-11-6-4-8-12-11/h11-12H,2-10H2,1H3. The lowest BCUT2D eigenvalue weighted by Gasteiger charge is -2.08. The van der Waals surface area contributed by atoms with Crippen LogP contribution in [0.1, 0.15) is 45.4 Å². The summed E-state index contributed by atoms with van der Waals surface area (Å²) in [5, 5.41) is 3.55. The molecule has 1 rings (SSSR count). The number of thioether (sulfide) groups is 1. The van der Waals surface area contributed by atoms with Gasteiger partial charge in [0.05, 0.1) is 0 Å². The summed E-state index contributed by atoms with van der Waals surface area (Å²) >= 11 is 2.13. The van der Waals surface area contributed by atoms with Crippen LogP contribution in [0.25, 0.3) is 0 Å². The Labute approximate surface area is 87.1 Å². The molecule has 0 spiro atoms. The van der Waals surface area contributed by atoms with Gasteiger partial charge >= 0.3 is 0 Å². The number of nitrogens with one attached hydrogen (secondary N) is 1. The van der Waals surface area contributed by atoms with Crippen LogP contribution in [0.4, 0.5) is 0 Å². The lowest BCUT2D eigenvalue weighted by Crippen LogP contribution is -2.21. The normalized spacial score (nSPS) is 22.4. The van der Waals surface area contributed by atoms with Crippen LogP contribution in [0.2, 0.25) is 0 Å². The molecule has 0 radical (unpaired) electrons. The van der Waals surface area contributed by atoms with Crippen molar-refractivity contribution in [2.75, 3.05) is 18.1 Å². The van der Waals surface area contributed by atoms with Crippen LogP contribution in [0.5, 0.6) is 0 Å². The van der Waals surface area contributed by atoms with Crippen LogP contribution >= 0.6 is 11.8 Å². The first-order valence-corrected chi connectivity index (χ1v) is 6.90. The van der Waals surface area contributed by atoms with Gasteiger partial charge in [-0.25, -0.2) is 0 Å². The Balaban J connectivity index is 1.78. The molecule has 13 heavy (non-hydrogen) atoms. The largest absolute Gasteiger partial charge is 0.314 e. The fourth-order valence-corrected chi connectivity index (χ4v) is 2.85. The van der Waals surface area contributed by atoms with Crippen molar-refractivity contribution in [2.45, 2.75) is 51.5 Å². The minimum Gasteiger partial charge on any atom is -0.314 e. The molecule has 1 aliphatic rings. The first-order valence-electron chi connectivity index (χ1n) is 5.74.